The van der Waals surface area contributed by atoms with Crippen molar-refractivity contribution in [2.45, 2.75) is 20.8 Å². The molecule has 0 bridgehead atoms. The minimum atomic E-state index is -0.536. The summed E-state index contributed by atoms with van der Waals surface area (Å²) in [6.07, 6.45) is 0. The Morgan fingerprint density at radius 2 is 1.87 bits per heavy atom. The zero-order valence-corrected chi connectivity index (χ0v) is 13.9. The van der Waals surface area contributed by atoms with Gasteiger partial charge in [0.05, 0.1) is 5.02 Å². The summed E-state index contributed by atoms with van der Waals surface area (Å²) < 4.78 is 18.7. The number of carbonyl (C=O) groups excluding carboxylic acids is 1. The van der Waals surface area contributed by atoms with Crippen molar-refractivity contribution in [1.29, 1.82) is 0 Å². The Morgan fingerprint density at radius 3 is 2.57 bits per heavy atom. The molecule has 2 N–H and O–H groups in total. The number of aryl methyl sites for hydroxylation is 2. The van der Waals surface area contributed by atoms with E-state index in [2.05, 4.69) is 10.6 Å². The first kappa shape index (κ1) is 17.1. The van der Waals surface area contributed by atoms with E-state index in [4.69, 9.17) is 16.3 Å². The Hall–Kier alpha value is -2.27. The van der Waals surface area contributed by atoms with Crippen LogP contribution in [0.1, 0.15) is 16.7 Å². The second kappa shape index (κ2) is 7.33. The smallest absolute Gasteiger partial charge is 0.321 e. The topological polar surface area (TPSA) is 50.4 Å². The minimum Gasteiger partial charge on any atom is -0.473 e. The summed E-state index contributed by atoms with van der Waals surface area (Å²) in [4.78, 5) is 11.8. The number of hydrogen-bond donors (Lipinski definition) is 2. The Kier molecular flexibility index (Phi) is 5.45. The number of nitrogens with one attached hydrogen (secondary N) is 2. The lowest BCUT2D eigenvalue weighted by Gasteiger charge is -2.14. The number of carbonyl (C=O) groups is 1. The molecule has 0 aliphatic carbocycles. The van der Waals surface area contributed by atoms with Gasteiger partial charge in [-0.05, 0) is 55.7 Å². The van der Waals surface area contributed by atoms with Crippen LogP contribution in [0.3, 0.4) is 0 Å². The van der Waals surface area contributed by atoms with Crippen LogP contribution in [-0.2, 0) is 0 Å². The van der Waals surface area contributed by atoms with Gasteiger partial charge in [0.25, 0.3) is 0 Å². The van der Waals surface area contributed by atoms with Gasteiger partial charge < -0.3 is 15.4 Å². The third-order valence-electron chi connectivity index (χ3n) is 3.50. The van der Waals surface area contributed by atoms with Gasteiger partial charge in [-0.15, -0.1) is 0 Å². The quantitative estimate of drug-likeness (QED) is 0.804. The van der Waals surface area contributed by atoms with Crippen molar-refractivity contribution in [3.05, 3.63) is 57.9 Å². The molecule has 2 amide bonds. The predicted molar refractivity (Wildman–Crippen MR) is 89.7 cm³/mol. The second-order valence-electron chi connectivity index (χ2n) is 5.20. The van der Waals surface area contributed by atoms with Crippen LogP contribution in [0.25, 0.3) is 0 Å². The lowest BCUT2D eigenvalue weighted by atomic mass is 10.1. The van der Waals surface area contributed by atoms with Crippen molar-refractivity contribution in [1.82, 2.24) is 5.32 Å². The molecule has 0 spiro atoms. The van der Waals surface area contributed by atoms with Gasteiger partial charge in [0.1, 0.15) is 11.6 Å². The summed E-state index contributed by atoms with van der Waals surface area (Å²) in [5.41, 5.74) is 3.56. The average Bonchev–Trinajstić information content (AvgIpc) is 2.50. The third kappa shape index (κ3) is 4.36. The number of ether oxygens (including phenoxy) is 1. The van der Waals surface area contributed by atoms with Crippen molar-refractivity contribution >= 4 is 23.3 Å². The molecule has 0 heterocycles. The van der Waals surface area contributed by atoms with Crippen molar-refractivity contribution in [3.8, 4) is 5.75 Å². The number of urea groups is 1. The molecular weight excluding hydrogens is 319 g/mol. The zero-order valence-electron chi connectivity index (χ0n) is 13.2. The van der Waals surface area contributed by atoms with Gasteiger partial charge in [0.2, 0.25) is 0 Å². The lowest BCUT2D eigenvalue weighted by molar-refractivity contribution is 0.234. The van der Waals surface area contributed by atoms with Crippen LogP contribution in [0.5, 0.6) is 5.75 Å². The molecule has 0 fully saturated rings. The average molecular weight is 337 g/mol. The summed E-state index contributed by atoms with van der Waals surface area (Å²) in [6, 6.07) is 7.49. The minimum absolute atomic E-state index is 0.0197. The lowest BCUT2D eigenvalue weighted by Crippen LogP contribution is -2.32. The van der Waals surface area contributed by atoms with Gasteiger partial charge in [-0.2, -0.15) is 0 Å². The van der Waals surface area contributed by atoms with Crippen LogP contribution in [-0.4, -0.2) is 12.8 Å². The molecule has 6 heteroatoms. The molecule has 2 rings (SSSR count). The molecular formula is C17H18ClFN2O2. The number of rotatable bonds is 4. The number of hydrogen-bond acceptors (Lipinski definition) is 2. The summed E-state index contributed by atoms with van der Waals surface area (Å²) in [6.45, 7) is 5.94. The van der Waals surface area contributed by atoms with Crippen LogP contribution in [0.15, 0.2) is 30.3 Å². The van der Waals surface area contributed by atoms with Crippen LogP contribution in [0.2, 0.25) is 5.02 Å². The van der Waals surface area contributed by atoms with E-state index in [1.165, 1.54) is 18.2 Å². The van der Waals surface area contributed by atoms with Gasteiger partial charge in [-0.3, -0.25) is 0 Å². The molecule has 2 aromatic rings. The van der Waals surface area contributed by atoms with E-state index in [1.54, 1.807) is 0 Å². The maximum atomic E-state index is 13.1. The number of benzene rings is 2. The third-order valence-corrected chi connectivity index (χ3v) is 3.79. The van der Waals surface area contributed by atoms with Gasteiger partial charge in [-0.25, -0.2) is 9.18 Å². The molecule has 122 valence electrons. The molecule has 4 nitrogen and oxygen atoms in total. The highest BCUT2D eigenvalue weighted by Gasteiger charge is 2.08. The fraction of sp³-hybridized carbons (Fsp3) is 0.235. The Bertz CT molecular complexity index is 735. The summed E-state index contributed by atoms with van der Waals surface area (Å²) >= 11 is 5.66. The Balaban J connectivity index is 1.90. The first-order valence-corrected chi connectivity index (χ1v) is 7.46. The summed E-state index contributed by atoms with van der Waals surface area (Å²) in [7, 11) is 0. The van der Waals surface area contributed by atoms with E-state index in [1.807, 2.05) is 32.9 Å². The van der Waals surface area contributed by atoms with Gasteiger partial charge in [0.15, 0.2) is 6.73 Å². The van der Waals surface area contributed by atoms with Crippen molar-refractivity contribution in [2.75, 3.05) is 12.0 Å². The number of halogens is 2. The SMILES string of the molecule is Cc1ccc(C)c(OCNC(=O)Nc2ccc(F)c(Cl)c2)c1C. The van der Waals surface area contributed by atoms with E-state index in [9.17, 15) is 9.18 Å². The molecule has 0 aromatic heterocycles. The van der Waals surface area contributed by atoms with Crippen molar-refractivity contribution in [3.63, 3.8) is 0 Å². The molecule has 2 aromatic carbocycles. The maximum Gasteiger partial charge on any atom is 0.321 e. The molecule has 0 aliphatic heterocycles. The monoisotopic (exact) mass is 336 g/mol. The van der Waals surface area contributed by atoms with Gasteiger partial charge >= 0.3 is 6.03 Å². The zero-order chi connectivity index (χ0) is 17.0. The van der Waals surface area contributed by atoms with E-state index in [0.717, 1.165) is 22.4 Å². The van der Waals surface area contributed by atoms with Crippen LogP contribution < -0.4 is 15.4 Å². The summed E-state index contributed by atoms with van der Waals surface area (Å²) in [5, 5.41) is 5.08. The molecule has 0 aliphatic rings. The molecule has 0 saturated carbocycles. The van der Waals surface area contributed by atoms with E-state index in [-0.39, 0.29) is 11.8 Å². The highest BCUT2D eigenvalue weighted by molar-refractivity contribution is 6.31. The van der Waals surface area contributed by atoms with Crippen LogP contribution >= 0.6 is 11.6 Å². The first-order chi connectivity index (χ1) is 10.9. The van der Waals surface area contributed by atoms with Gasteiger partial charge in [0, 0.05) is 5.69 Å². The molecule has 0 saturated heterocycles. The van der Waals surface area contributed by atoms with E-state index >= 15 is 0 Å². The normalized spacial score (nSPS) is 10.3. The van der Waals surface area contributed by atoms with Crippen molar-refractivity contribution in [2.24, 2.45) is 0 Å². The van der Waals surface area contributed by atoms with Crippen LogP contribution in [0.4, 0.5) is 14.9 Å². The van der Waals surface area contributed by atoms with Gasteiger partial charge in [-0.1, -0.05) is 23.7 Å². The fourth-order valence-electron chi connectivity index (χ4n) is 2.07. The molecule has 0 radical (unpaired) electrons. The highest BCUT2D eigenvalue weighted by Crippen LogP contribution is 2.25. The number of anilines is 1. The molecule has 0 atom stereocenters. The Morgan fingerprint density at radius 1 is 1.17 bits per heavy atom. The molecule has 0 unspecified atom stereocenters. The van der Waals surface area contributed by atoms with E-state index in [0.29, 0.717) is 5.69 Å². The molecule has 23 heavy (non-hydrogen) atoms. The number of amides is 2. The highest BCUT2D eigenvalue weighted by atomic mass is 35.5. The Labute approximate surface area is 139 Å². The largest absolute Gasteiger partial charge is 0.473 e. The first-order valence-electron chi connectivity index (χ1n) is 7.08. The van der Waals surface area contributed by atoms with Crippen LogP contribution in [0, 0.1) is 26.6 Å². The maximum absolute atomic E-state index is 13.1. The standard InChI is InChI=1S/C17H18ClFN2O2/c1-10-4-5-11(2)16(12(10)3)23-9-20-17(22)21-13-6-7-15(19)14(18)8-13/h4-8H,9H2,1-3H3,(H2,20,21,22). The van der Waals surface area contributed by atoms with E-state index < -0.39 is 11.8 Å². The predicted octanol–water partition coefficient (Wildman–Crippen LogP) is 4.56. The second-order valence-corrected chi connectivity index (χ2v) is 5.61. The summed E-state index contributed by atoms with van der Waals surface area (Å²) in [5.74, 6) is 0.224. The van der Waals surface area contributed by atoms with Crippen molar-refractivity contribution < 1.29 is 13.9 Å². The fourth-order valence-corrected chi connectivity index (χ4v) is 2.25.